The molecule has 28 rings (SSSR count). The second-order valence-electron chi connectivity index (χ2n) is 37.8. The maximum Gasteiger partial charge on any atom is 0.137 e. The monoisotopic (exact) mass is 1570 g/mol. The number of furan rings is 1. The molecule has 3 nitrogen and oxygen atoms in total. The number of rotatable bonds is 12. The molecule has 11 aliphatic rings. The van der Waals surface area contributed by atoms with Crippen molar-refractivity contribution < 1.29 is 4.42 Å². The topological polar surface area (TPSA) is 19.6 Å². The van der Waals surface area contributed by atoms with Crippen molar-refractivity contribution in [1.82, 2.24) is 0 Å². The fourth-order valence-corrected chi connectivity index (χ4v) is 26.8. The minimum atomic E-state index is -0.0825. The SMILES string of the molecule is CC1(C)c2ccccc2-c2c(N(c3ccc(-c4ccccc4)cc3)c3ccc(-c4ccc(-c5cccc6c5C5(c7ccccc7-6)C6CC7CC(C6)CC5C7)cc4)cc3)cccc21.c1ccc(-c2ccc(N(c3ccc(-c4ccc(-c5cccc6c5C5(c7ccccc7-6)C6CC7CC(C6)CC5C7)cc4)cc3)c3cccc4oc5ccccc5c34)cc2)cc1. The highest BCUT2D eigenvalue weighted by Crippen LogP contribution is 2.73. The molecule has 0 aliphatic heterocycles. The zero-order valence-corrected chi connectivity index (χ0v) is 69.3. The summed E-state index contributed by atoms with van der Waals surface area (Å²) >= 11 is 0. The van der Waals surface area contributed by atoms with Gasteiger partial charge in [-0.05, 0) is 312 Å². The molecular formula is C119H96N2O. The lowest BCUT2D eigenvalue weighted by molar-refractivity contribution is -0.0397. The van der Waals surface area contributed by atoms with Gasteiger partial charge in [-0.1, -0.05) is 317 Å². The summed E-state index contributed by atoms with van der Waals surface area (Å²) in [6, 6.07) is 141. The third-order valence-corrected chi connectivity index (χ3v) is 31.4. The van der Waals surface area contributed by atoms with Crippen molar-refractivity contribution in [1.29, 1.82) is 0 Å². The molecule has 0 unspecified atom stereocenters. The number of anilines is 6. The summed E-state index contributed by atoms with van der Waals surface area (Å²) in [5.74, 6) is 6.71. The van der Waals surface area contributed by atoms with Gasteiger partial charge in [-0.3, -0.25) is 0 Å². The first-order valence-electron chi connectivity index (χ1n) is 45.1. The number of hydrogen-bond donors (Lipinski definition) is 0. The first kappa shape index (κ1) is 71.8. The molecule has 588 valence electrons. The molecule has 0 atom stereocenters. The fraction of sp³-hybridized carbons (Fsp3) is 0.193. The highest BCUT2D eigenvalue weighted by molar-refractivity contribution is 6.13. The van der Waals surface area contributed by atoms with Crippen molar-refractivity contribution >= 4 is 56.1 Å². The number of para-hydroxylation sites is 1. The Balaban J connectivity index is 0.000000134. The van der Waals surface area contributed by atoms with Crippen LogP contribution >= 0.6 is 0 Å². The van der Waals surface area contributed by atoms with Crippen LogP contribution in [0.25, 0.3) is 122 Å². The molecule has 122 heavy (non-hydrogen) atoms. The highest BCUT2D eigenvalue weighted by atomic mass is 16.3. The molecule has 2 spiro atoms. The molecular weight excluding hydrogens is 1470 g/mol. The van der Waals surface area contributed by atoms with E-state index in [2.05, 4.69) is 394 Å². The van der Waals surface area contributed by atoms with Crippen LogP contribution < -0.4 is 9.80 Å². The normalized spacial score (nSPS) is 22.5. The first-order chi connectivity index (χ1) is 60.2. The highest BCUT2D eigenvalue weighted by Gasteiger charge is 2.64. The molecule has 1 aromatic heterocycles. The van der Waals surface area contributed by atoms with E-state index in [-0.39, 0.29) is 16.2 Å². The van der Waals surface area contributed by atoms with Crippen molar-refractivity contribution in [2.45, 2.75) is 94.3 Å². The Morgan fingerprint density at radius 3 is 0.975 bits per heavy atom. The van der Waals surface area contributed by atoms with Crippen molar-refractivity contribution in [3.8, 4) is 100 Å². The van der Waals surface area contributed by atoms with Gasteiger partial charge in [-0.15, -0.1) is 0 Å². The number of fused-ring (bicyclic) bond motifs is 12. The Morgan fingerprint density at radius 1 is 0.230 bits per heavy atom. The zero-order chi connectivity index (χ0) is 80.5. The Kier molecular flexibility index (Phi) is 16.5. The molecule has 16 aromatic carbocycles. The van der Waals surface area contributed by atoms with Crippen molar-refractivity contribution in [3.05, 3.63) is 409 Å². The van der Waals surface area contributed by atoms with Crippen molar-refractivity contribution in [2.24, 2.45) is 47.3 Å². The van der Waals surface area contributed by atoms with Gasteiger partial charge in [0.1, 0.15) is 11.2 Å². The Labute approximate surface area is 716 Å². The van der Waals surface area contributed by atoms with E-state index in [0.717, 1.165) is 97.7 Å². The third kappa shape index (κ3) is 11.0. The summed E-state index contributed by atoms with van der Waals surface area (Å²) in [5.41, 5.74) is 42.0. The van der Waals surface area contributed by atoms with Gasteiger partial charge in [0, 0.05) is 49.9 Å². The van der Waals surface area contributed by atoms with E-state index in [0.29, 0.717) is 0 Å². The Hall–Kier alpha value is -13.1. The number of benzene rings is 16. The summed E-state index contributed by atoms with van der Waals surface area (Å²) in [4.78, 5) is 4.84. The van der Waals surface area contributed by atoms with Crippen LogP contribution in [0.2, 0.25) is 0 Å². The lowest BCUT2D eigenvalue weighted by atomic mass is 9.42. The number of hydrogen-bond acceptors (Lipinski definition) is 3. The van der Waals surface area contributed by atoms with Gasteiger partial charge in [0.2, 0.25) is 0 Å². The lowest BCUT2D eigenvalue weighted by Crippen LogP contribution is -2.55. The quantitative estimate of drug-likeness (QED) is 0.122. The van der Waals surface area contributed by atoms with Crippen LogP contribution in [0.15, 0.2) is 381 Å². The van der Waals surface area contributed by atoms with E-state index >= 15 is 0 Å². The summed E-state index contributed by atoms with van der Waals surface area (Å²) in [5, 5.41) is 2.23. The lowest BCUT2D eigenvalue weighted by Gasteiger charge is -2.61. The molecule has 8 bridgehead atoms. The maximum absolute atomic E-state index is 6.38. The van der Waals surface area contributed by atoms with E-state index < -0.39 is 0 Å². The van der Waals surface area contributed by atoms with Gasteiger partial charge in [0.25, 0.3) is 0 Å². The molecule has 0 N–H and O–H groups in total. The summed E-state index contributed by atoms with van der Waals surface area (Å²) in [6.45, 7) is 4.73. The zero-order valence-electron chi connectivity index (χ0n) is 69.3. The molecule has 17 aromatic rings. The maximum atomic E-state index is 6.38. The average Bonchev–Trinajstić information content (AvgIpc) is 1.50. The molecule has 0 amide bonds. The molecule has 0 radical (unpaired) electrons. The summed E-state index contributed by atoms with van der Waals surface area (Å²) < 4.78 is 6.38. The smallest absolute Gasteiger partial charge is 0.137 e. The van der Waals surface area contributed by atoms with Gasteiger partial charge >= 0.3 is 0 Å². The predicted octanol–water partition coefficient (Wildman–Crippen LogP) is 32.0. The fourth-order valence-electron chi connectivity index (χ4n) is 26.8. The molecule has 8 fully saturated rings. The predicted molar refractivity (Wildman–Crippen MR) is 506 cm³/mol. The van der Waals surface area contributed by atoms with Gasteiger partial charge < -0.3 is 14.2 Å². The van der Waals surface area contributed by atoms with Crippen LogP contribution in [-0.4, -0.2) is 0 Å². The molecule has 3 heteroatoms. The van der Waals surface area contributed by atoms with E-state index in [1.54, 1.807) is 22.3 Å². The van der Waals surface area contributed by atoms with Crippen LogP contribution in [0.3, 0.4) is 0 Å². The summed E-state index contributed by atoms with van der Waals surface area (Å²) in [6.07, 6.45) is 14.1. The average molecular weight is 1570 g/mol. The van der Waals surface area contributed by atoms with Gasteiger partial charge in [0.15, 0.2) is 0 Å². The van der Waals surface area contributed by atoms with Crippen LogP contribution in [0.1, 0.15) is 111 Å². The Bertz CT molecular complexity index is 6890. The minimum absolute atomic E-state index is 0.0825. The Morgan fingerprint density at radius 2 is 0.533 bits per heavy atom. The van der Waals surface area contributed by atoms with E-state index in [1.807, 2.05) is 6.07 Å². The van der Waals surface area contributed by atoms with Crippen LogP contribution in [0.5, 0.6) is 0 Å². The van der Waals surface area contributed by atoms with Gasteiger partial charge in [0.05, 0.1) is 16.8 Å². The number of nitrogens with zero attached hydrogens (tertiary/aromatic N) is 2. The standard InChI is InChI=1S/C61H51N.C58H45NO/c1-60(2)54-18-8-7-15-53(54)58-56(60)20-11-21-57(58)62(48-30-26-43(27-31-48)41-12-4-3-5-13-41)49-32-28-44(29-33-49)42-22-24-45(25-23-42)50-16-10-17-52-51-14-6-9-19-55(51)61(59(50)52)46-35-39-34-40(37-46)38-47(61)36-39;1-2-10-39(11-3-1)41-24-28-46(29-25-41)59(53-17-9-19-55-56(53)51-13-5-7-18-54(51)60-55)47-30-26-42(27-31-47)40-20-22-43(23-21-40)48-14-8-15-50-49-12-4-6-16-52(49)58(57(48)50)44-33-37-32-38(35-44)36-45(58)34-37/h3-33,39-40,46-47H,34-38H2,1-2H3;1-31,37-38,44-45H,32-36H2. The third-order valence-electron chi connectivity index (χ3n) is 31.4. The van der Waals surface area contributed by atoms with Crippen LogP contribution in [0, 0.1) is 47.3 Å². The second-order valence-corrected chi connectivity index (χ2v) is 37.8. The van der Waals surface area contributed by atoms with Crippen LogP contribution in [0.4, 0.5) is 34.1 Å². The first-order valence-corrected chi connectivity index (χ1v) is 45.1. The molecule has 11 aliphatic carbocycles. The van der Waals surface area contributed by atoms with Crippen LogP contribution in [-0.2, 0) is 16.2 Å². The molecule has 8 saturated carbocycles. The van der Waals surface area contributed by atoms with Crippen molar-refractivity contribution in [3.63, 3.8) is 0 Å². The largest absolute Gasteiger partial charge is 0.456 e. The second kappa shape index (κ2) is 28.0. The molecule has 0 saturated heterocycles. The van der Waals surface area contributed by atoms with Crippen molar-refractivity contribution in [2.75, 3.05) is 9.80 Å². The summed E-state index contributed by atoms with van der Waals surface area (Å²) in [7, 11) is 0. The van der Waals surface area contributed by atoms with Gasteiger partial charge in [-0.25, -0.2) is 0 Å². The van der Waals surface area contributed by atoms with Gasteiger partial charge in [-0.2, -0.15) is 0 Å². The van der Waals surface area contributed by atoms with E-state index in [1.165, 1.54) is 181 Å². The molecule has 1 heterocycles. The van der Waals surface area contributed by atoms with E-state index in [4.69, 9.17) is 4.42 Å². The minimum Gasteiger partial charge on any atom is -0.456 e. The van der Waals surface area contributed by atoms with E-state index in [9.17, 15) is 0 Å².